The van der Waals surface area contributed by atoms with Crippen LogP contribution in [0, 0.1) is 46.3 Å². The van der Waals surface area contributed by atoms with E-state index < -0.39 is 28.1 Å². The van der Waals surface area contributed by atoms with E-state index in [0.29, 0.717) is 37.5 Å². The number of fused-ring (bicyclic) bond motifs is 5. The van der Waals surface area contributed by atoms with Crippen molar-refractivity contribution >= 4 is 16.0 Å². The molecule has 0 bridgehead atoms. The molecule has 9 heteroatoms. The van der Waals surface area contributed by atoms with Gasteiger partial charge in [0.1, 0.15) is 0 Å². The number of carbonyl (C=O) groups is 1. The van der Waals surface area contributed by atoms with Gasteiger partial charge in [-0.25, -0.2) is 0 Å². The molecule has 5 N–H and O–H groups in total. The third-order valence-electron chi connectivity index (χ3n) is 10.9. The van der Waals surface area contributed by atoms with Crippen LogP contribution in [0.1, 0.15) is 78.6 Å². The van der Waals surface area contributed by atoms with Gasteiger partial charge in [-0.3, -0.25) is 9.35 Å². The maximum absolute atomic E-state index is 12.2. The first-order valence-electron chi connectivity index (χ1n) is 13.5. The summed E-state index contributed by atoms with van der Waals surface area (Å²) in [5.41, 5.74) is -0.145. The summed E-state index contributed by atoms with van der Waals surface area (Å²) in [6.45, 7) is 6.64. The minimum absolute atomic E-state index is 0.0479. The van der Waals surface area contributed by atoms with Crippen LogP contribution in [0.25, 0.3) is 0 Å². The molecule has 0 unspecified atom stereocenters. The quantitative estimate of drug-likeness (QED) is 0.327. The molecule has 1 amide bonds. The Labute approximate surface area is 210 Å². The van der Waals surface area contributed by atoms with Crippen molar-refractivity contribution in [3.05, 3.63) is 0 Å². The van der Waals surface area contributed by atoms with Gasteiger partial charge in [0.05, 0.1) is 24.1 Å². The summed E-state index contributed by atoms with van der Waals surface area (Å²) < 4.78 is 30.5. The van der Waals surface area contributed by atoms with E-state index in [1.807, 2.05) is 0 Å². The molecule has 0 heterocycles. The highest BCUT2D eigenvalue weighted by atomic mass is 32.2. The lowest BCUT2D eigenvalue weighted by atomic mass is 9.43. The summed E-state index contributed by atoms with van der Waals surface area (Å²) in [4.78, 5) is 12.2. The maximum atomic E-state index is 12.2. The molecule has 4 aliphatic carbocycles. The van der Waals surface area contributed by atoms with E-state index in [2.05, 4.69) is 26.1 Å². The molecular weight excluding hydrogens is 470 g/mol. The van der Waals surface area contributed by atoms with Crippen molar-refractivity contribution in [1.29, 1.82) is 0 Å². The highest BCUT2D eigenvalue weighted by molar-refractivity contribution is 7.85. The molecule has 0 aromatic heterocycles. The van der Waals surface area contributed by atoms with Crippen molar-refractivity contribution in [3.63, 3.8) is 0 Å². The molecule has 202 valence electrons. The van der Waals surface area contributed by atoms with E-state index in [9.17, 15) is 28.5 Å². The third-order valence-corrected chi connectivity index (χ3v) is 11.6. The molecule has 0 spiro atoms. The van der Waals surface area contributed by atoms with Crippen LogP contribution in [-0.2, 0) is 14.9 Å². The number of amides is 1. The Balaban J connectivity index is 1.43. The van der Waals surface area contributed by atoms with Gasteiger partial charge in [-0.15, -0.1) is 0 Å². The smallest absolute Gasteiger partial charge is 0.266 e. The van der Waals surface area contributed by atoms with Crippen LogP contribution < -0.4 is 5.32 Å². The van der Waals surface area contributed by atoms with Crippen molar-refractivity contribution in [1.82, 2.24) is 5.32 Å². The van der Waals surface area contributed by atoms with Crippen molar-refractivity contribution in [2.24, 2.45) is 46.3 Å². The van der Waals surface area contributed by atoms with Crippen LogP contribution in [-0.4, -0.2) is 64.8 Å². The average molecular weight is 516 g/mol. The molecule has 8 nitrogen and oxygen atoms in total. The Morgan fingerprint density at radius 2 is 1.77 bits per heavy atom. The van der Waals surface area contributed by atoms with Gasteiger partial charge < -0.3 is 20.6 Å². The lowest BCUT2D eigenvalue weighted by molar-refractivity contribution is -0.213. The first-order valence-corrected chi connectivity index (χ1v) is 15.1. The number of carbonyl (C=O) groups excluding carboxylic acids is 1. The fourth-order valence-electron chi connectivity index (χ4n) is 9.25. The van der Waals surface area contributed by atoms with E-state index in [0.717, 1.165) is 32.1 Å². The Bertz CT molecular complexity index is 896. The summed E-state index contributed by atoms with van der Waals surface area (Å²) in [7, 11) is -4.09. The summed E-state index contributed by atoms with van der Waals surface area (Å²) in [5, 5.41) is 35.8. The standard InChI is InChI=1S/C26H45NO7S/c1-15(4-7-22(31)27-10-11-35(32,33)34)18-5-6-19-23-20(29)13-16-12-17(28)8-9-25(16,2)24(23)21(30)14-26(18,19)3/h15-21,23-24,28-30H,4-14H2,1-3H3,(H,27,31)(H,32,33,34)/t15-,16+,17-,18-,19+,20-,21-,23-,24-,25+,26-/m1/s1. The molecule has 0 aliphatic heterocycles. The molecule has 4 fully saturated rings. The minimum Gasteiger partial charge on any atom is -0.393 e. The largest absolute Gasteiger partial charge is 0.393 e. The van der Waals surface area contributed by atoms with Crippen molar-refractivity contribution in [2.75, 3.05) is 12.3 Å². The molecule has 0 radical (unpaired) electrons. The second kappa shape index (κ2) is 9.86. The second-order valence-electron chi connectivity index (χ2n) is 12.8. The minimum atomic E-state index is -4.09. The van der Waals surface area contributed by atoms with E-state index in [-0.39, 0.29) is 53.1 Å². The number of aliphatic hydroxyl groups excluding tert-OH is 3. The topological polar surface area (TPSA) is 144 Å². The summed E-state index contributed by atoms with van der Waals surface area (Å²) in [6.07, 6.45) is 5.60. The van der Waals surface area contributed by atoms with Gasteiger partial charge in [-0.05, 0) is 97.7 Å². The van der Waals surface area contributed by atoms with Gasteiger partial charge in [0.2, 0.25) is 5.91 Å². The Morgan fingerprint density at radius 3 is 2.46 bits per heavy atom. The second-order valence-corrected chi connectivity index (χ2v) is 14.3. The van der Waals surface area contributed by atoms with Crippen molar-refractivity contribution in [2.45, 2.75) is 96.9 Å². The first kappa shape index (κ1) is 27.3. The van der Waals surface area contributed by atoms with E-state index in [1.165, 1.54) is 0 Å². The number of aliphatic hydroxyl groups is 3. The molecule has 11 atom stereocenters. The van der Waals surface area contributed by atoms with Crippen LogP contribution in [0.15, 0.2) is 0 Å². The van der Waals surface area contributed by atoms with Gasteiger partial charge in [0.25, 0.3) is 10.1 Å². The lowest BCUT2D eigenvalue weighted by Crippen LogP contribution is -2.63. The highest BCUT2D eigenvalue weighted by Crippen LogP contribution is 2.68. The molecule has 4 rings (SSSR count). The predicted molar refractivity (Wildman–Crippen MR) is 132 cm³/mol. The normalized spacial score (nSPS) is 46.3. The third kappa shape index (κ3) is 5.17. The lowest BCUT2D eigenvalue weighted by Gasteiger charge is -2.63. The molecular formula is C26H45NO7S. The Morgan fingerprint density at radius 1 is 1.06 bits per heavy atom. The number of hydrogen-bond donors (Lipinski definition) is 5. The van der Waals surface area contributed by atoms with Crippen LogP contribution in [0.3, 0.4) is 0 Å². The average Bonchev–Trinajstić information content (AvgIpc) is 3.08. The van der Waals surface area contributed by atoms with Gasteiger partial charge in [0.15, 0.2) is 0 Å². The van der Waals surface area contributed by atoms with Crippen LogP contribution in [0.2, 0.25) is 0 Å². The van der Waals surface area contributed by atoms with E-state index in [4.69, 9.17) is 4.55 Å². The van der Waals surface area contributed by atoms with Crippen LogP contribution in [0.5, 0.6) is 0 Å². The van der Waals surface area contributed by atoms with Gasteiger partial charge >= 0.3 is 0 Å². The highest BCUT2D eigenvalue weighted by Gasteiger charge is 2.65. The van der Waals surface area contributed by atoms with Crippen molar-refractivity contribution < 1.29 is 33.1 Å². The number of hydrogen-bond acceptors (Lipinski definition) is 6. The maximum Gasteiger partial charge on any atom is 0.266 e. The Hall–Kier alpha value is -0.740. The molecule has 4 saturated carbocycles. The molecule has 4 aliphatic rings. The Kier molecular flexibility index (Phi) is 7.69. The molecule has 0 saturated heterocycles. The van der Waals surface area contributed by atoms with Gasteiger partial charge in [-0.1, -0.05) is 20.8 Å². The summed E-state index contributed by atoms with van der Waals surface area (Å²) in [5.74, 6) is 0.618. The SMILES string of the molecule is C[C@H](CCC(=O)NCCS(=O)(=O)O)[C@H]1CC[C@H]2[C@H]3[C@@H]([C@H](O)C[C@]12C)[C@@]1(C)CC[C@@H](O)C[C@H]1C[C@H]3O. The summed E-state index contributed by atoms with van der Waals surface area (Å²) in [6, 6.07) is 0. The van der Waals surface area contributed by atoms with E-state index in [1.54, 1.807) is 0 Å². The monoisotopic (exact) mass is 515 g/mol. The first-order chi connectivity index (χ1) is 16.3. The number of rotatable bonds is 7. The predicted octanol–water partition coefficient (Wildman–Crippen LogP) is 2.37. The summed E-state index contributed by atoms with van der Waals surface area (Å²) >= 11 is 0. The van der Waals surface area contributed by atoms with Crippen LogP contribution in [0.4, 0.5) is 0 Å². The zero-order chi connectivity index (χ0) is 25.8. The zero-order valence-corrected chi connectivity index (χ0v) is 22.2. The fourth-order valence-corrected chi connectivity index (χ4v) is 9.61. The van der Waals surface area contributed by atoms with Crippen LogP contribution >= 0.6 is 0 Å². The zero-order valence-electron chi connectivity index (χ0n) is 21.4. The molecule has 0 aromatic rings. The van der Waals surface area contributed by atoms with E-state index >= 15 is 0 Å². The fraction of sp³-hybridized carbons (Fsp3) is 0.962. The van der Waals surface area contributed by atoms with Crippen molar-refractivity contribution in [3.8, 4) is 0 Å². The molecule has 35 heavy (non-hydrogen) atoms. The number of nitrogens with one attached hydrogen (secondary N) is 1. The van der Waals surface area contributed by atoms with Gasteiger partial charge in [0, 0.05) is 13.0 Å². The van der Waals surface area contributed by atoms with Gasteiger partial charge in [-0.2, -0.15) is 8.42 Å². The molecule has 0 aromatic carbocycles.